The normalized spacial score (nSPS) is 9.73. The summed E-state index contributed by atoms with van der Waals surface area (Å²) >= 11 is 0. The Morgan fingerprint density at radius 1 is 0.727 bits per heavy atom. The summed E-state index contributed by atoms with van der Waals surface area (Å²) in [6.07, 6.45) is 0.345. The van der Waals surface area contributed by atoms with Crippen molar-refractivity contribution in [2.75, 3.05) is 39.4 Å². The van der Waals surface area contributed by atoms with E-state index < -0.39 is 11.9 Å². The molecule has 0 fully saturated rings. The van der Waals surface area contributed by atoms with Gasteiger partial charge in [0.15, 0.2) is 0 Å². The van der Waals surface area contributed by atoms with Crippen molar-refractivity contribution in [2.24, 2.45) is 11.5 Å². The summed E-state index contributed by atoms with van der Waals surface area (Å²) in [7, 11) is 0. The highest BCUT2D eigenvalue weighted by Crippen LogP contribution is 1.85. The van der Waals surface area contributed by atoms with Gasteiger partial charge in [-0.2, -0.15) is 0 Å². The van der Waals surface area contributed by atoms with Gasteiger partial charge in [0.05, 0.1) is 13.1 Å². The summed E-state index contributed by atoms with van der Waals surface area (Å²) < 4.78 is 9.17. The Morgan fingerprint density at radius 3 is 1.41 bits per heavy atom. The summed E-state index contributed by atoms with van der Waals surface area (Å²) in [5.74, 6) is -2.87. The van der Waals surface area contributed by atoms with E-state index in [4.69, 9.17) is 11.5 Å². The van der Waals surface area contributed by atoms with Gasteiger partial charge >= 0.3 is 11.9 Å². The van der Waals surface area contributed by atoms with E-state index in [1.807, 2.05) is 0 Å². The van der Waals surface area contributed by atoms with E-state index in [0.29, 0.717) is 0 Å². The maximum atomic E-state index is 11.2. The lowest BCUT2D eigenvalue weighted by Crippen LogP contribution is -2.32. The number of hydrogen-bond donors (Lipinski definition) is 4. The molecule has 22 heavy (non-hydrogen) atoms. The number of ether oxygens (including phenoxy) is 2. The number of rotatable bonds is 10. The van der Waals surface area contributed by atoms with E-state index in [9.17, 15) is 19.2 Å². The Kier molecular flexibility index (Phi) is 11.3. The van der Waals surface area contributed by atoms with Crippen molar-refractivity contribution in [3.05, 3.63) is 0 Å². The van der Waals surface area contributed by atoms with Gasteiger partial charge in [0.1, 0.15) is 13.2 Å². The van der Waals surface area contributed by atoms with E-state index in [0.717, 1.165) is 0 Å². The second-order valence-corrected chi connectivity index (χ2v) is 4.05. The van der Waals surface area contributed by atoms with Gasteiger partial charge in [0, 0.05) is 25.9 Å². The fourth-order valence-electron chi connectivity index (χ4n) is 1.23. The van der Waals surface area contributed by atoms with E-state index in [1.54, 1.807) is 0 Å². The van der Waals surface area contributed by atoms with E-state index >= 15 is 0 Å². The molecule has 0 aliphatic carbocycles. The second-order valence-electron chi connectivity index (χ2n) is 4.05. The first-order valence-electron chi connectivity index (χ1n) is 6.78. The maximum Gasteiger partial charge on any atom is 0.417 e. The van der Waals surface area contributed by atoms with Crippen LogP contribution in [0.3, 0.4) is 0 Å². The molecular formula is C12H22N4O6. The minimum Gasteiger partial charge on any atom is -0.455 e. The van der Waals surface area contributed by atoms with Gasteiger partial charge in [0.25, 0.3) is 0 Å². The maximum absolute atomic E-state index is 11.2. The Labute approximate surface area is 127 Å². The summed E-state index contributed by atoms with van der Waals surface area (Å²) in [6, 6.07) is 0. The first kappa shape index (κ1) is 19.8. The number of esters is 2. The largest absolute Gasteiger partial charge is 0.455 e. The van der Waals surface area contributed by atoms with Crippen LogP contribution < -0.4 is 22.1 Å². The lowest BCUT2D eigenvalue weighted by Gasteiger charge is -2.07. The molecule has 10 nitrogen and oxygen atoms in total. The fraction of sp³-hybridized carbons (Fsp3) is 0.667. The van der Waals surface area contributed by atoms with E-state index in [1.165, 1.54) is 0 Å². The zero-order chi connectivity index (χ0) is 16.8. The average molecular weight is 318 g/mol. The third-order valence-electron chi connectivity index (χ3n) is 2.22. The predicted molar refractivity (Wildman–Crippen MR) is 75.3 cm³/mol. The molecular weight excluding hydrogens is 296 g/mol. The second kappa shape index (κ2) is 12.5. The molecule has 0 saturated carbocycles. The third kappa shape index (κ3) is 10.6. The number of nitrogens with one attached hydrogen (secondary N) is 2. The molecule has 2 amide bonds. The van der Waals surface area contributed by atoms with Crippen LogP contribution in [-0.2, 0) is 28.7 Å². The molecule has 126 valence electrons. The van der Waals surface area contributed by atoms with Gasteiger partial charge in [-0.15, -0.1) is 0 Å². The van der Waals surface area contributed by atoms with E-state index in [2.05, 4.69) is 20.1 Å². The number of carbonyl (C=O) groups is 4. The molecule has 10 heteroatoms. The third-order valence-corrected chi connectivity index (χ3v) is 2.22. The van der Waals surface area contributed by atoms with Crippen molar-refractivity contribution in [3.8, 4) is 0 Å². The van der Waals surface area contributed by atoms with Gasteiger partial charge in [-0.3, -0.25) is 9.59 Å². The quantitative estimate of drug-likeness (QED) is 0.188. The lowest BCUT2D eigenvalue weighted by molar-refractivity contribution is -0.167. The molecule has 0 saturated heterocycles. The molecule has 0 aliphatic heterocycles. The molecule has 0 rings (SSSR count). The first-order chi connectivity index (χ1) is 10.5. The first-order valence-corrected chi connectivity index (χ1v) is 6.78. The molecule has 0 atom stereocenters. The molecule has 0 aromatic carbocycles. The van der Waals surface area contributed by atoms with Crippen molar-refractivity contribution in [1.29, 1.82) is 0 Å². The summed E-state index contributed by atoms with van der Waals surface area (Å²) in [5.41, 5.74) is 10.4. The Bertz CT molecular complexity index is 352. The van der Waals surface area contributed by atoms with Gasteiger partial charge in [-0.1, -0.05) is 0 Å². The lowest BCUT2D eigenvalue weighted by atomic mass is 10.4. The van der Waals surface area contributed by atoms with Crippen LogP contribution in [0.15, 0.2) is 0 Å². The zero-order valence-corrected chi connectivity index (χ0v) is 12.3. The monoisotopic (exact) mass is 318 g/mol. The molecule has 0 spiro atoms. The van der Waals surface area contributed by atoms with Crippen LogP contribution in [0.2, 0.25) is 0 Å². The van der Waals surface area contributed by atoms with Crippen molar-refractivity contribution in [2.45, 2.75) is 12.8 Å². The standard InChI is InChI=1S/C12H22N4O6/c13-3-1-9(17)15-5-7-21-11(19)12(20)22-8-6-16-10(18)2-4-14/h1-8,13-14H2,(H,15,17)(H,16,18). The zero-order valence-electron chi connectivity index (χ0n) is 12.3. The highest BCUT2D eigenvalue weighted by Gasteiger charge is 2.17. The van der Waals surface area contributed by atoms with Crippen LogP contribution in [0.5, 0.6) is 0 Å². The Balaban J connectivity index is 3.65. The summed E-state index contributed by atoms with van der Waals surface area (Å²) in [6.45, 7) is 0.286. The summed E-state index contributed by atoms with van der Waals surface area (Å²) in [5, 5.41) is 4.90. The molecule has 0 bridgehead atoms. The predicted octanol–water partition coefficient (Wildman–Crippen LogP) is -3.00. The van der Waals surface area contributed by atoms with E-state index in [-0.39, 0.29) is 64.0 Å². The number of hydrogen-bond acceptors (Lipinski definition) is 8. The number of carbonyl (C=O) groups excluding carboxylic acids is 4. The number of amides is 2. The Hall–Kier alpha value is -2.20. The van der Waals surface area contributed by atoms with Crippen molar-refractivity contribution in [3.63, 3.8) is 0 Å². The van der Waals surface area contributed by atoms with Gasteiger partial charge in [-0.25, -0.2) is 9.59 Å². The molecule has 0 aromatic rings. The SMILES string of the molecule is NCCC(=O)NCCOC(=O)C(=O)OCCNC(=O)CCN. The minimum absolute atomic E-state index is 0.0764. The van der Waals surface area contributed by atoms with Crippen LogP contribution in [0.1, 0.15) is 12.8 Å². The van der Waals surface area contributed by atoms with Crippen molar-refractivity contribution >= 4 is 23.8 Å². The highest BCUT2D eigenvalue weighted by molar-refractivity contribution is 6.29. The van der Waals surface area contributed by atoms with Gasteiger partial charge < -0.3 is 31.6 Å². The molecule has 0 heterocycles. The van der Waals surface area contributed by atoms with Crippen molar-refractivity contribution in [1.82, 2.24) is 10.6 Å². The van der Waals surface area contributed by atoms with Crippen LogP contribution in [0.25, 0.3) is 0 Å². The molecule has 6 N–H and O–H groups in total. The average Bonchev–Trinajstić information content (AvgIpc) is 2.48. The minimum atomic E-state index is -1.17. The van der Waals surface area contributed by atoms with Crippen LogP contribution in [-0.4, -0.2) is 63.1 Å². The van der Waals surface area contributed by atoms with Gasteiger partial charge in [0.2, 0.25) is 11.8 Å². The molecule has 0 aliphatic rings. The number of nitrogens with two attached hydrogens (primary N) is 2. The fourth-order valence-corrected chi connectivity index (χ4v) is 1.23. The van der Waals surface area contributed by atoms with Crippen LogP contribution >= 0.6 is 0 Å². The van der Waals surface area contributed by atoms with Gasteiger partial charge in [-0.05, 0) is 0 Å². The Morgan fingerprint density at radius 2 is 1.09 bits per heavy atom. The highest BCUT2D eigenvalue weighted by atomic mass is 16.6. The smallest absolute Gasteiger partial charge is 0.417 e. The van der Waals surface area contributed by atoms with Crippen molar-refractivity contribution < 1.29 is 28.7 Å². The van der Waals surface area contributed by atoms with Crippen LogP contribution in [0, 0.1) is 0 Å². The molecule has 0 unspecified atom stereocenters. The van der Waals surface area contributed by atoms with Crippen LogP contribution in [0.4, 0.5) is 0 Å². The topological polar surface area (TPSA) is 163 Å². The molecule has 0 radical (unpaired) electrons. The summed E-state index contributed by atoms with van der Waals surface area (Å²) in [4.78, 5) is 44.5. The molecule has 0 aromatic heterocycles.